The molecule has 0 saturated heterocycles. The van der Waals surface area contributed by atoms with Gasteiger partial charge in [0.05, 0.1) is 6.54 Å². The summed E-state index contributed by atoms with van der Waals surface area (Å²) in [4.78, 5) is 11.6. The summed E-state index contributed by atoms with van der Waals surface area (Å²) in [6.07, 6.45) is 0. The number of nitrogens with zero attached hydrogens (tertiary/aromatic N) is 1. The Hall–Kier alpha value is -1.51. The summed E-state index contributed by atoms with van der Waals surface area (Å²) in [5.41, 5.74) is 0.401. The normalized spacial score (nSPS) is 11.6. The van der Waals surface area contributed by atoms with Crippen molar-refractivity contribution in [3.8, 4) is 0 Å². The zero-order valence-electron chi connectivity index (χ0n) is 11.4. The molecule has 112 valence electrons. The van der Waals surface area contributed by atoms with E-state index in [-0.39, 0.29) is 6.54 Å². The Balaban J connectivity index is 2.53. The van der Waals surface area contributed by atoms with Crippen molar-refractivity contribution in [3.63, 3.8) is 0 Å². The zero-order chi connectivity index (χ0) is 15.2. The van der Waals surface area contributed by atoms with Crippen LogP contribution in [0.1, 0.15) is 13.8 Å². The van der Waals surface area contributed by atoms with Crippen LogP contribution in [0.3, 0.4) is 0 Å². The van der Waals surface area contributed by atoms with Crippen molar-refractivity contribution in [3.05, 3.63) is 30.1 Å². The number of nitrogens with one attached hydrogen (secondary N) is 2. The number of anilines is 1. The van der Waals surface area contributed by atoms with E-state index in [2.05, 4.69) is 10.0 Å². The molecule has 1 aromatic rings. The maximum absolute atomic E-state index is 12.7. The van der Waals surface area contributed by atoms with E-state index in [9.17, 15) is 17.6 Å². The van der Waals surface area contributed by atoms with Crippen molar-refractivity contribution in [2.24, 2.45) is 0 Å². The highest BCUT2D eigenvalue weighted by molar-refractivity contribution is 7.87. The van der Waals surface area contributed by atoms with Gasteiger partial charge < -0.3 is 5.32 Å². The first-order valence-electron chi connectivity index (χ1n) is 6.19. The molecule has 1 aromatic carbocycles. The van der Waals surface area contributed by atoms with Gasteiger partial charge in [0, 0.05) is 18.8 Å². The van der Waals surface area contributed by atoms with Gasteiger partial charge >= 0.3 is 0 Å². The standard InChI is InChI=1S/C12H18FN3O3S/c1-3-16(4-2)20(18,19)14-9-12(17)15-11-7-5-10(13)6-8-11/h5-8,14H,3-4,9H2,1-2H3,(H,15,17). The molecule has 0 fully saturated rings. The van der Waals surface area contributed by atoms with Crippen LogP contribution in [-0.2, 0) is 15.0 Å². The van der Waals surface area contributed by atoms with Crippen LogP contribution in [0.2, 0.25) is 0 Å². The third-order valence-electron chi connectivity index (χ3n) is 2.59. The van der Waals surface area contributed by atoms with E-state index in [0.29, 0.717) is 18.8 Å². The fourth-order valence-corrected chi connectivity index (χ4v) is 2.73. The highest BCUT2D eigenvalue weighted by Crippen LogP contribution is 2.07. The van der Waals surface area contributed by atoms with E-state index in [4.69, 9.17) is 0 Å². The third kappa shape index (κ3) is 4.87. The molecule has 0 atom stereocenters. The first kappa shape index (κ1) is 16.5. The van der Waals surface area contributed by atoms with E-state index in [1.165, 1.54) is 28.6 Å². The summed E-state index contributed by atoms with van der Waals surface area (Å²) in [6.45, 7) is 3.69. The lowest BCUT2D eigenvalue weighted by molar-refractivity contribution is -0.115. The number of benzene rings is 1. The number of rotatable bonds is 7. The molecule has 20 heavy (non-hydrogen) atoms. The van der Waals surface area contributed by atoms with Crippen molar-refractivity contribution < 1.29 is 17.6 Å². The lowest BCUT2D eigenvalue weighted by Crippen LogP contribution is -2.43. The van der Waals surface area contributed by atoms with Crippen LogP contribution in [0.4, 0.5) is 10.1 Å². The van der Waals surface area contributed by atoms with Crippen LogP contribution in [0.5, 0.6) is 0 Å². The van der Waals surface area contributed by atoms with Gasteiger partial charge in [0.1, 0.15) is 5.82 Å². The number of carbonyl (C=O) groups is 1. The van der Waals surface area contributed by atoms with E-state index >= 15 is 0 Å². The Labute approximate surface area is 118 Å². The maximum Gasteiger partial charge on any atom is 0.279 e. The quantitative estimate of drug-likeness (QED) is 0.787. The summed E-state index contributed by atoms with van der Waals surface area (Å²) in [5, 5.41) is 2.47. The molecule has 0 aliphatic rings. The number of carbonyl (C=O) groups excluding carboxylic acids is 1. The van der Waals surface area contributed by atoms with Gasteiger partial charge in [-0.1, -0.05) is 13.8 Å². The minimum atomic E-state index is -3.65. The van der Waals surface area contributed by atoms with Crippen LogP contribution in [0.15, 0.2) is 24.3 Å². The van der Waals surface area contributed by atoms with Gasteiger partial charge in [-0.3, -0.25) is 4.79 Å². The minimum absolute atomic E-state index is 0.325. The molecule has 0 heterocycles. The summed E-state index contributed by atoms with van der Waals surface area (Å²) >= 11 is 0. The van der Waals surface area contributed by atoms with Gasteiger partial charge in [-0.25, -0.2) is 4.39 Å². The van der Waals surface area contributed by atoms with Crippen LogP contribution < -0.4 is 10.0 Å². The van der Waals surface area contributed by atoms with Crippen molar-refractivity contribution in [1.29, 1.82) is 0 Å². The SMILES string of the molecule is CCN(CC)S(=O)(=O)NCC(=O)Nc1ccc(F)cc1. The van der Waals surface area contributed by atoms with E-state index in [1.54, 1.807) is 13.8 Å². The zero-order valence-corrected chi connectivity index (χ0v) is 12.2. The Morgan fingerprint density at radius 2 is 1.75 bits per heavy atom. The second-order valence-corrected chi connectivity index (χ2v) is 5.72. The average Bonchev–Trinajstić information content (AvgIpc) is 2.40. The molecule has 0 aliphatic carbocycles. The second kappa shape index (κ2) is 7.32. The Morgan fingerprint density at radius 1 is 1.20 bits per heavy atom. The lowest BCUT2D eigenvalue weighted by atomic mass is 10.3. The summed E-state index contributed by atoms with van der Waals surface area (Å²) in [6, 6.07) is 5.20. The van der Waals surface area contributed by atoms with Crippen molar-refractivity contribution in [2.75, 3.05) is 25.0 Å². The molecule has 0 unspecified atom stereocenters. The molecule has 6 nitrogen and oxygen atoms in total. The van der Waals surface area contributed by atoms with Gasteiger partial charge in [0.25, 0.3) is 10.2 Å². The van der Waals surface area contributed by atoms with E-state index < -0.39 is 21.9 Å². The van der Waals surface area contributed by atoms with Gasteiger partial charge in [0.2, 0.25) is 5.91 Å². The topological polar surface area (TPSA) is 78.5 Å². The summed E-state index contributed by atoms with van der Waals surface area (Å²) < 4.78 is 39.7. The number of amides is 1. The van der Waals surface area contributed by atoms with Crippen molar-refractivity contribution >= 4 is 21.8 Å². The Kier molecular flexibility index (Phi) is 6.05. The fraction of sp³-hybridized carbons (Fsp3) is 0.417. The van der Waals surface area contributed by atoms with Crippen LogP contribution in [-0.4, -0.2) is 38.3 Å². The third-order valence-corrected chi connectivity index (χ3v) is 4.29. The van der Waals surface area contributed by atoms with Gasteiger partial charge in [-0.15, -0.1) is 0 Å². The smallest absolute Gasteiger partial charge is 0.279 e. The summed E-state index contributed by atoms with van der Waals surface area (Å²) in [7, 11) is -3.65. The van der Waals surface area contributed by atoms with Crippen LogP contribution in [0, 0.1) is 5.82 Å². The predicted molar refractivity (Wildman–Crippen MR) is 74.9 cm³/mol. The molecule has 0 saturated carbocycles. The number of halogens is 1. The van der Waals surface area contributed by atoms with Crippen molar-refractivity contribution in [2.45, 2.75) is 13.8 Å². The highest BCUT2D eigenvalue weighted by atomic mass is 32.2. The van der Waals surface area contributed by atoms with Gasteiger partial charge in [-0.05, 0) is 24.3 Å². The number of hydrogen-bond donors (Lipinski definition) is 2. The lowest BCUT2D eigenvalue weighted by Gasteiger charge is -2.18. The molecular weight excluding hydrogens is 285 g/mol. The highest BCUT2D eigenvalue weighted by Gasteiger charge is 2.19. The molecule has 2 N–H and O–H groups in total. The van der Waals surface area contributed by atoms with Crippen LogP contribution in [0.25, 0.3) is 0 Å². The predicted octanol–water partition coefficient (Wildman–Crippen LogP) is 0.940. The monoisotopic (exact) mass is 303 g/mol. The molecule has 1 rings (SSSR count). The molecule has 1 amide bonds. The maximum atomic E-state index is 12.7. The largest absolute Gasteiger partial charge is 0.325 e. The molecule has 0 radical (unpaired) electrons. The van der Waals surface area contributed by atoms with Crippen LogP contribution >= 0.6 is 0 Å². The molecule has 0 aliphatic heterocycles. The van der Waals surface area contributed by atoms with E-state index in [0.717, 1.165) is 0 Å². The first-order chi connectivity index (χ1) is 9.39. The molecule has 8 heteroatoms. The number of hydrogen-bond acceptors (Lipinski definition) is 3. The fourth-order valence-electron chi connectivity index (χ4n) is 1.55. The van der Waals surface area contributed by atoms with Gasteiger partial charge in [-0.2, -0.15) is 17.4 Å². The summed E-state index contributed by atoms with van der Waals surface area (Å²) in [5.74, 6) is -0.933. The molecule has 0 bridgehead atoms. The molecule has 0 aromatic heterocycles. The Bertz CT molecular complexity index is 542. The first-order valence-corrected chi connectivity index (χ1v) is 7.63. The molecular formula is C12H18FN3O3S. The average molecular weight is 303 g/mol. The molecule has 0 spiro atoms. The minimum Gasteiger partial charge on any atom is -0.325 e. The Morgan fingerprint density at radius 3 is 2.25 bits per heavy atom. The van der Waals surface area contributed by atoms with E-state index in [1.807, 2.05) is 0 Å². The second-order valence-electron chi connectivity index (χ2n) is 3.97. The van der Waals surface area contributed by atoms with Gasteiger partial charge in [0.15, 0.2) is 0 Å². The van der Waals surface area contributed by atoms with Crippen molar-refractivity contribution in [1.82, 2.24) is 9.03 Å².